The van der Waals surface area contributed by atoms with Crippen molar-refractivity contribution < 1.29 is 51.9 Å². The number of fused-ring (bicyclic) bond motifs is 1. The van der Waals surface area contributed by atoms with Crippen molar-refractivity contribution in [2.24, 2.45) is 20.5 Å². The van der Waals surface area contributed by atoms with Crippen molar-refractivity contribution in [3.05, 3.63) is 97.1 Å². The van der Waals surface area contributed by atoms with Crippen LogP contribution >= 0.6 is 0 Å². The first kappa shape index (κ1) is 41.2. The number of rotatable bonds is 13. The third-order valence-electron chi connectivity index (χ3n) is 7.63. The average Bonchev–Trinajstić information content (AvgIpc) is 3.15. The highest BCUT2D eigenvalue weighted by molar-refractivity contribution is 7.87. The maximum Gasteiger partial charge on any atom is 0.296 e. The minimum absolute atomic E-state index is 0.0136. The second-order valence-corrected chi connectivity index (χ2v) is 17.2. The largest absolute Gasteiger partial charge is 0.357 e. The lowest BCUT2D eigenvalue weighted by molar-refractivity contribution is 0.481. The van der Waals surface area contributed by atoms with Crippen LogP contribution in [0.2, 0.25) is 0 Å². The molecule has 6 aromatic rings. The predicted molar refractivity (Wildman–Crippen MR) is 207 cm³/mol. The fourth-order valence-corrected chi connectivity index (χ4v) is 7.64. The number of nitrogens with one attached hydrogen (secondary N) is 3. The summed E-state index contributed by atoms with van der Waals surface area (Å²) >= 11 is 0. The van der Waals surface area contributed by atoms with E-state index in [0.29, 0.717) is 5.69 Å². The molecule has 5 aromatic carbocycles. The summed E-state index contributed by atoms with van der Waals surface area (Å²) in [5.41, 5.74) is 0.496. The summed E-state index contributed by atoms with van der Waals surface area (Å²) in [4.78, 5) is 10.4. The predicted octanol–water partition coefficient (Wildman–Crippen LogP) is 6.37. The van der Waals surface area contributed by atoms with Crippen molar-refractivity contribution in [2.45, 2.75) is 19.6 Å². The molecule has 0 fully saturated rings. The third-order valence-corrected chi connectivity index (χ3v) is 11.2. The van der Waals surface area contributed by atoms with E-state index in [1.54, 1.807) is 0 Å². The molecule has 7 N–H and O–H groups in total. The number of hydrogen-bond acceptors (Lipinski definition) is 18. The van der Waals surface area contributed by atoms with Crippen molar-refractivity contribution >= 4 is 103 Å². The van der Waals surface area contributed by atoms with Gasteiger partial charge in [0, 0.05) is 23.5 Å². The fourth-order valence-electron chi connectivity index (χ4n) is 5.07. The van der Waals surface area contributed by atoms with Crippen LogP contribution in [0.5, 0.6) is 0 Å². The van der Waals surface area contributed by atoms with Gasteiger partial charge in [0.25, 0.3) is 40.5 Å². The summed E-state index contributed by atoms with van der Waals surface area (Å²) in [5.74, 6) is -0.151. The highest BCUT2D eigenvalue weighted by Gasteiger charge is 2.22. The van der Waals surface area contributed by atoms with Gasteiger partial charge in [0.1, 0.15) is 14.7 Å². The first-order valence-electron chi connectivity index (χ1n) is 15.8. The second-order valence-electron chi connectivity index (χ2n) is 11.6. The van der Waals surface area contributed by atoms with Gasteiger partial charge >= 0.3 is 0 Å². The quantitative estimate of drug-likeness (QED) is 0.0489. The van der Waals surface area contributed by atoms with E-state index in [0.717, 1.165) is 30.3 Å². The van der Waals surface area contributed by atoms with E-state index in [1.807, 2.05) is 0 Å². The van der Waals surface area contributed by atoms with Gasteiger partial charge in [-0.05, 0) is 84.9 Å². The lowest BCUT2D eigenvalue weighted by atomic mass is 10.1. The molecule has 0 amide bonds. The third kappa shape index (κ3) is 9.94. The lowest BCUT2D eigenvalue weighted by Gasteiger charge is -2.12. The minimum Gasteiger partial charge on any atom is -0.357 e. The minimum atomic E-state index is -4.86. The van der Waals surface area contributed by atoms with Gasteiger partial charge in [0.2, 0.25) is 17.8 Å². The fraction of sp³-hybridized carbons (Fsp3) is 0.0312. The maximum absolute atomic E-state index is 12.3. The molecule has 300 valence electrons. The van der Waals surface area contributed by atoms with Gasteiger partial charge in [0.15, 0.2) is 0 Å². The Hall–Kier alpha value is -6.39. The molecule has 0 aliphatic carbocycles. The SMILES string of the molecule is CNc1nc(Nc2ccc(N=Nc3cc(S(=O)(=O)O)c4cccc(S(=O)(=O)O)c4c3)cc2)nc(Nc2ccc(N=Nc3ccc(S(=O)(=O)O)cc3)cc2S(=O)(=O)O)n1. The summed E-state index contributed by atoms with van der Waals surface area (Å²) in [6, 6.07) is 20.0. The maximum atomic E-state index is 12.3. The van der Waals surface area contributed by atoms with Crippen LogP contribution in [0.15, 0.2) is 137 Å². The Labute approximate surface area is 328 Å². The lowest BCUT2D eigenvalue weighted by Crippen LogP contribution is -2.09. The van der Waals surface area contributed by atoms with Gasteiger partial charge in [-0.15, -0.1) is 0 Å². The van der Waals surface area contributed by atoms with Crippen molar-refractivity contribution in [3.8, 4) is 0 Å². The summed E-state index contributed by atoms with van der Waals surface area (Å²) in [6.45, 7) is 0. The Morgan fingerprint density at radius 1 is 0.466 bits per heavy atom. The Bertz CT molecular complexity index is 3100. The van der Waals surface area contributed by atoms with E-state index in [-0.39, 0.29) is 61.9 Å². The van der Waals surface area contributed by atoms with Gasteiger partial charge in [0.05, 0.1) is 33.3 Å². The van der Waals surface area contributed by atoms with E-state index in [2.05, 4.69) is 51.4 Å². The molecule has 0 saturated heterocycles. The van der Waals surface area contributed by atoms with E-state index in [1.165, 1.54) is 73.8 Å². The van der Waals surface area contributed by atoms with Gasteiger partial charge in [-0.1, -0.05) is 12.1 Å². The zero-order valence-corrected chi connectivity index (χ0v) is 32.3. The van der Waals surface area contributed by atoms with E-state index in [9.17, 15) is 47.3 Å². The standard InChI is InChI=1S/C32H26N10O12S4/c1-33-30-36-31(38-32(37-30)35-26-14-11-21(16-29(26)58(52,53)54)41-39-20-9-12-23(13-10-20)55(43,44)45)34-18-5-7-19(8-6-18)40-42-22-15-25-24(28(17-22)57(49,50)51)3-2-4-27(25)56(46,47)48/h2-17H,1H3,(H,43,44,45)(H,46,47,48)(H,49,50,51)(H,52,53,54)(H3,33,34,35,36,37,38). The number of azo groups is 2. The molecule has 0 aliphatic rings. The van der Waals surface area contributed by atoms with Crippen LogP contribution in [-0.2, 0) is 40.5 Å². The molecule has 26 heteroatoms. The zero-order valence-electron chi connectivity index (χ0n) is 29.1. The first-order valence-corrected chi connectivity index (χ1v) is 21.6. The highest BCUT2D eigenvalue weighted by Crippen LogP contribution is 2.34. The van der Waals surface area contributed by atoms with Crippen LogP contribution in [0.3, 0.4) is 0 Å². The summed E-state index contributed by atoms with van der Waals surface area (Å²) in [6.07, 6.45) is 0. The molecule has 1 heterocycles. The number of anilines is 5. The van der Waals surface area contributed by atoms with Crippen molar-refractivity contribution in [1.82, 2.24) is 15.0 Å². The van der Waals surface area contributed by atoms with Gasteiger partial charge in [-0.25, -0.2) is 0 Å². The number of benzene rings is 5. The molecule has 22 nitrogen and oxygen atoms in total. The Morgan fingerprint density at radius 2 is 0.966 bits per heavy atom. The molecule has 0 radical (unpaired) electrons. The Morgan fingerprint density at radius 3 is 1.53 bits per heavy atom. The Balaban J connectivity index is 1.22. The van der Waals surface area contributed by atoms with Crippen LogP contribution in [0, 0.1) is 0 Å². The van der Waals surface area contributed by atoms with E-state index >= 15 is 0 Å². The molecule has 0 unspecified atom stereocenters. The molecule has 6 rings (SSSR count). The van der Waals surface area contributed by atoms with Crippen molar-refractivity contribution in [3.63, 3.8) is 0 Å². The van der Waals surface area contributed by atoms with Crippen LogP contribution in [0.25, 0.3) is 10.8 Å². The molecular weight excluding hydrogens is 845 g/mol. The molecule has 0 aliphatic heterocycles. The monoisotopic (exact) mass is 870 g/mol. The number of nitrogens with zero attached hydrogens (tertiary/aromatic N) is 7. The summed E-state index contributed by atoms with van der Waals surface area (Å²) < 4.78 is 134. The number of hydrogen-bond donors (Lipinski definition) is 7. The normalized spacial score (nSPS) is 12.6. The molecule has 0 saturated carbocycles. The molecule has 0 spiro atoms. The van der Waals surface area contributed by atoms with Gasteiger partial charge in [-0.3, -0.25) is 18.2 Å². The van der Waals surface area contributed by atoms with Crippen molar-refractivity contribution in [2.75, 3.05) is 23.0 Å². The van der Waals surface area contributed by atoms with E-state index in [4.69, 9.17) is 4.55 Å². The molecule has 0 atom stereocenters. The van der Waals surface area contributed by atoms with E-state index < -0.39 is 55.2 Å². The average molecular weight is 871 g/mol. The van der Waals surface area contributed by atoms with Crippen LogP contribution < -0.4 is 16.0 Å². The summed E-state index contributed by atoms with van der Waals surface area (Å²) in [7, 11) is -17.4. The molecule has 0 bridgehead atoms. The van der Waals surface area contributed by atoms with Crippen LogP contribution in [0.4, 0.5) is 52.0 Å². The molecular formula is C32H26N10O12S4. The molecule has 1 aromatic heterocycles. The van der Waals surface area contributed by atoms with Gasteiger partial charge in [-0.2, -0.15) is 69.1 Å². The highest BCUT2D eigenvalue weighted by atomic mass is 32.2. The van der Waals surface area contributed by atoms with Crippen molar-refractivity contribution in [1.29, 1.82) is 0 Å². The topological polar surface area (TPSA) is 342 Å². The number of aromatic nitrogens is 3. The van der Waals surface area contributed by atoms with Crippen LogP contribution in [-0.4, -0.2) is 73.9 Å². The van der Waals surface area contributed by atoms with Gasteiger partial charge < -0.3 is 16.0 Å². The first-order chi connectivity index (χ1) is 27.2. The second kappa shape index (κ2) is 15.9. The smallest absolute Gasteiger partial charge is 0.296 e. The zero-order chi connectivity index (χ0) is 42.0. The summed E-state index contributed by atoms with van der Waals surface area (Å²) in [5, 5.41) is 23.9. The van der Waals surface area contributed by atoms with Crippen LogP contribution in [0.1, 0.15) is 0 Å². The molecule has 58 heavy (non-hydrogen) atoms. The Kier molecular flexibility index (Phi) is 11.3.